The number of benzene rings is 3. The molecule has 0 unspecified atom stereocenters. The molecule has 0 amide bonds. The van der Waals surface area contributed by atoms with Crippen LogP contribution in [0.4, 0.5) is 11.4 Å². The second-order valence-corrected chi connectivity index (χ2v) is 5.42. The number of rotatable bonds is 4. The van der Waals surface area contributed by atoms with E-state index in [0.717, 1.165) is 16.9 Å². The normalized spacial score (nSPS) is 11.4. The minimum atomic E-state index is 0.210. The first-order valence-electron chi connectivity index (χ1n) is 7.75. The molecule has 0 aliphatic heterocycles. The van der Waals surface area contributed by atoms with Gasteiger partial charge in [-0.3, -0.25) is 9.98 Å². The summed E-state index contributed by atoms with van der Waals surface area (Å²) in [5.41, 5.74) is 4.47. The van der Waals surface area contributed by atoms with Crippen molar-refractivity contribution >= 4 is 23.8 Å². The number of hydrogen-bond donors (Lipinski definition) is 1. The third-order valence-electron chi connectivity index (χ3n) is 3.69. The van der Waals surface area contributed by atoms with E-state index < -0.39 is 0 Å². The van der Waals surface area contributed by atoms with Crippen molar-refractivity contribution in [1.82, 2.24) is 0 Å². The van der Waals surface area contributed by atoms with Gasteiger partial charge in [0.15, 0.2) is 0 Å². The molecule has 0 spiro atoms. The maximum absolute atomic E-state index is 9.82. The second-order valence-electron chi connectivity index (χ2n) is 5.42. The second kappa shape index (κ2) is 7.38. The van der Waals surface area contributed by atoms with Crippen LogP contribution >= 0.6 is 0 Å². The third-order valence-corrected chi connectivity index (χ3v) is 3.69. The Morgan fingerprint density at radius 1 is 0.667 bits per heavy atom. The van der Waals surface area contributed by atoms with Gasteiger partial charge in [-0.2, -0.15) is 0 Å². The van der Waals surface area contributed by atoms with E-state index in [9.17, 15) is 5.11 Å². The monoisotopic (exact) mass is 314 g/mol. The van der Waals surface area contributed by atoms with Crippen molar-refractivity contribution in [1.29, 1.82) is 0 Å². The fraction of sp³-hybridized carbons (Fsp3) is 0.0476. The Kier molecular flexibility index (Phi) is 4.82. The Morgan fingerprint density at radius 3 is 1.79 bits per heavy atom. The smallest absolute Gasteiger partial charge is 0.124 e. The molecule has 3 heteroatoms. The van der Waals surface area contributed by atoms with Gasteiger partial charge in [0.2, 0.25) is 0 Å². The SMILES string of the molecule is Cc1ccccc1/C=N/c1ccccc1/N=C/c1ccccc1O. The molecule has 0 aliphatic carbocycles. The van der Waals surface area contributed by atoms with Crippen LogP contribution in [-0.2, 0) is 0 Å². The molecule has 0 saturated heterocycles. The van der Waals surface area contributed by atoms with Crippen LogP contribution in [0.25, 0.3) is 0 Å². The molecular formula is C21H18N2O. The number of para-hydroxylation sites is 3. The molecule has 0 aromatic heterocycles. The van der Waals surface area contributed by atoms with E-state index in [2.05, 4.69) is 23.0 Å². The van der Waals surface area contributed by atoms with Crippen LogP contribution in [0.3, 0.4) is 0 Å². The van der Waals surface area contributed by atoms with Gasteiger partial charge >= 0.3 is 0 Å². The summed E-state index contributed by atoms with van der Waals surface area (Å²) in [4.78, 5) is 9.04. The summed E-state index contributed by atoms with van der Waals surface area (Å²) in [5.74, 6) is 0.210. The van der Waals surface area contributed by atoms with Crippen molar-refractivity contribution in [3.05, 3.63) is 89.5 Å². The summed E-state index contributed by atoms with van der Waals surface area (Å²) in [5, 5.41) is 9.82. The fourth-order valence-electron chi connectivity index (χ4n) is 2.29. The van der Waals surface area contributed by atoms with Crippen molar-refractivity contribution in [2.75, 3.05) is 0 Å². The van der Waals surface area contributed by atoms with Gasteiger partial charge in [-0.1, -0.05) is 48.5 Å². The topological polar surface area (TPSA) is 45.0 Å². The number of phenols is 1. The lowest BCUT2D eigenvalue weighted by Gasteiger charge is -2.02. The van der Waals surface area contributed by atoms with Crippen molar-refractivity contribution in [2.45, 2.75) is 6.92 Å². The summed E-state index contributed by atoms with van der Waals surface area (Å²) >= 11 is 0. The van der Waals surface area contributed by atoms with Crippen molar-refractivity contribution in [3.63, 3.8) is 0 Å². The van der Waals surface area contributed by atoms with E-state index in [4.69, 9.17) is 0 Å². The molecule has 24 heavy (non-hydrogen) atoms. The quantitative estimate of drug-likeness (QED) is 0.661. The molecule has 0 radical (unpaired) electrons. The average Bonchev–Trinajstić information content (AvgIpc) is 2.61. The van der Waals surface area contributed by atoms with Gasteiger partial charge in [0, 0.05) is 18.0 Å². The third kappa shape index (κ3) is 3.76. The Hall–Kier alpha value is -3.20. The van der Waals surface area contributed by atoms with Crippen LogP contribution < -0.4 is 0 Å². The van der Waals surface area contributed by atoms with Crippen LogP contribution in [0, 0.1) is 6.92 Å². The van der Waals surface area contributed by atoms with Crippen LogP contribution in [0.1, 0.15) is 16.7 Å². The minimum Gasteiger partial charge on any atom is -0.507 e. The number of aliphatic imine (C=N–C) groups is 2. The fourth-order valence-corrected chi connectivity index (χ4v) is 2.29. The molecular weight excluding hydrogens is 296 g/mol. The van der Waals surface area contributed by atoms with Crippen LogP contribution in [0.15, 0.2) is 82.8 Å². The van der Waals surface area contributed by atoms with E-state index in [-0.39, 0.29) is 5.75 Å². The van der Waals surface area contributed by atoms with Crippen molar-refractivity contribution < 1.29 is 5.11 Å². The Bertz CT molecular complexity index is 823. The first-order valence-corrected chi connectivity index (χ1v) is 7.75. The van der Waals surface area contributed by atoms with E-state index >= 15 is 0 Å². The Morgan fingerprint density at radius 2 is 1.17 bits per heavy atom. The van der Waals surface area contributed by atoms with Crippen LogP contribution in [-0.4, -0.2) is 17.5 Å². The number of aryl methyl sites for hydroxylation is 1. The minimum absolute atomic E-state index is 0.210. The van der Waals surface area contributed by atoms with Gasteiger partial charge < -0.3 is 5.11 Å². The molecule has 0 atom stereocenters. The Labute approximate surface area is 141 Å². The van der Waals surface area contributed by atoms with Gasteiger partial charge in [-0.25, -0.2) is 0 Å². The molecule has 1 N–H and O–H groups in total. The molecule has 0 heterocycles. The largest absolute Gasteiger partial charge is 0.507 e. The Balaban J connectivity index is 1.89. The molecule has 0 bridgehead atoms. The molecule has 0 saturated carbocycles. The van der Waals surface area contributed by atoms with Gasteiger partial charge in [0.25, 0.3) is 0 Å². The van der Waals surface area contributed by atoms with Crippen LogP contribution in [0.2, 0.25) is 0 Å². The molecule has 3 aromatic carbocycles. The lowest BCUT2D eigenvalue weighted by molar-refractivity contribution is 0.474. The molecule has 118 valence electrons. The molecule has 3 aromatic rings. The highest BCUT2D eigenvalue weighted by Crippen LogP contribution is 2.27. The lowest BCUT2D eigenvalue weighted by atomic mass is 10.1. The molecule has 0 fully saturated rings. The summed E-state index contributed by atoms with van der Waals surface area (Å²) in [7, 11) is 0. The van der Waals surface area contributed by atoms with Crippen LogP contribution in [0.5, 0.6) is 5.75 Å². The van der Waals surface area contributed by atoms with Gasteiger partial charge in [-0.15, -0.1) is 0 Å². The highest BCUT2D eigenvalue weighted by atomic mass is 16.3. The zero-order valence-electron chi connectivity index (χ0n) is 13.4. The maximum atomic E-state index is 9.82. The summed E-state index contributed by atoms with van der Waals surface area (Å²) in [6.45, 7) is 2.06. The van der Waals surface area contributed by atoms with Gasteiger partial charge in [0.05, 0.1) is 11.4 Å². The average molecular weight is 314 g/mol. The number of phenolic OH excluding ortho intramolecular Hbond substituents is 1. The first kappa shape index (κ1) is 15.7. The number of aromatic hydroxyl groups is 1. The maximum Gasteiger partial charge on any atom is 0.124 e. The summed E-state index contributed by atoms with van der Waals surface area (Å²) < 4.78 is 0. The standard InChI is InChI=1S/C21H18N2O/c1-16-8-2-3-9-17(16)14-22-19-11-5-6-12-20(19)23-15-18-10-4-7-13-21(18)24/h2-15,24H,1H3/b22-14+,23-15+. The van der Waals surface area contributed by atoms with Gasteiger partial charge in [0.1, 0.15) is 5.75 Å². The van der Waals surface area contributed by atoms with Gasteiger partial charge in [-0.05, 0) is 42.3 Å². The first-order chi connectivity index (χ1) is 11.7. The zero-order valence-corrected chi connectivity index (χ0v) is 13.4. The summed E-state index contributed by atoms with van der Waals surface area (Å²) in [6, 6.07) is 22.9. The van der Waals surface area contributed by atoms with Crippen molar-refractivity contribution in [3.8, 4) is 5.75 Å². The summed E-state index contributed by atoms with van der Waals surface area (Å²) in [6.07, 6.45) is 3.50. The van der Waals surface area contributed by atoms with E-state index in [0.29, 0.717) is 5.56 Å². The molecule has 0 aliphatic rings. The number of hydrogen-bond acceptors (Lipinski definition) is 3. The zero-order chi connectivity index (χ0) is 16.8. The highest BCUT2D eigenvalue weighted by Gasteiger charge is 2.00. The lowest BCUT2D eigenvalue weighted by Crippen LogP contribution is -1.85. The predicted octanol–water partition coefficient (Wildman–Crippen LogP) is 5.20. The van der Waals surface area contributed by atoms with E-state index in [1.165, 1.54) is 5.56 Å². The molecule has 3 rings (SSSR count). The van der Waals surface area contributed by atoms with Crippen molar-refractivity contribution in [2.24, 2.45) is 9.98 Å². The van der Waals surface area contributed by atoms with E-state index in [1.54, 1.807) is 18.3 Å². The predicted molar refractivity (Wildman–Crippen MR) is 100 cm³/mol. The number of nitrogens with zero attached hydrogens (tertiary/aromatic N) is 2. The highest BCUT2D eigenvalue weighted by molar-refractivity contribution is 5.88. The molecule has 3 nitrogen and oxygen atoms in total. The van der Waals surface area contributed by atoms with E-state index in [1.807, 2.05) is 60.8 Å².